The SMILES string of the molecule is CS(=O)(=O)c1cccc(-c2ccc(/C=C/c3nc(-c4ccc(Cl)cc4Cl)cn3-c3ccc(N4CC(=O)NS4(=O)=O)cc3)cc2)c1. The van der Waals surface area contributed by atoms with Crippen molar-refractivity contribution in [1.82, 2.24) is 14.3 Å². The van der Waals surface area contributed by atoms with Crippen molar-refractivity contribution in [2.75, 3.05) is 17.1 Å². The Morgan fingerprint density at radius 2 is 1.58 bits per heavy atom. The Kier molecular flexibility index (Phi) is 8.04. The van der Waals surface area contributed by atoms with Crippen LogP contribution in [0, 0.1) is 0 Å². The zero-order valence-corrected chi connectivity index (χ0v) is 26.7. The molecule has 13 heteroatoms. The number of anilines is 1. The number of nitrogens with zero attached hydrogens (tertiary/aromatic N) is 3. The molecule has 1 fully saturated rings. The van der Waals surface area contributed by atoms with Gasteiger partial charge in [0.2, 0.25) is 0 Å². The van der Waals surface area contributed by atoms with Crippen LogP contribution in [0.4, 0.5) is 5.69 Å². The van der Waals surface area contributed by atoms with Gasteiger partial charge in [-0.25, -0.2) is 22.4 Å². The number of carbonyl (C=O) groups excluding carboxylic acids is 1. The second-order valence-corrected chi connectivity index (χ2v) is 14.7. The van der Waals surface area contributed by atoms with E-state index in [1.54, 1.807) is 60.7 Å². The first-order valence-corrected chi connectivity index (χ1v) is 17.5. The molecule has 0 radical (unpaired) electrons. The molecule has 0 aliphatic carbocycles. The molecule has 2 heterocycles. The molecule has 0 saturated carbocycles. The summed E-state index contributed by atoms with van der Waals surface area (Å²) in [6, 6.07) is 26.3. The number of rotatable bonds is 7. The van der Waals surface area contributed by atoms with E-state index < -0.39 is 26.0 Å². The van der Waals surface area contributed by atoms with Crippen LogP contribution in [0.25, 0.3) is 40.2 Å². The number of sulfone groups is 1. The van der Waals surface area contributed by atoms with Crippen LogP contribution in [0.3, 0.4) is 0 Å². The second kappa shape index (κ2) is 11.8. The minimum absolute atomic E-state index is 0.257. The number of amides is 1. The fourth-order valence-electron chi connectivity index (χ4n) is 4.87. The Morgan fingerprint density at radius 1 is 0.867 bits per heavy atom. The lowest BCUT2D eigenvalue weighted by atomic mass is 10.0. The van der Waals surface area contributed by atoms with E-state index in [-0.39, 0.29) is 11.4 Å². The molecule has 6 rings (SSSR count). The third-order valence-corrected chi connectivity index (χ3v) is 10.2. The van der Waals surface area contributed by atoms with Gasteiger partial charge in [-0.1, -0.05) is 65.7 Å². The number of hydrogen-bond donors (Lipinski definition) is 1. The second-order valence-electron chi connectivity index (χ2n) is 10.3. The average molecular weight is 680 g/mol. The summed E-state index contributed by atoms with van der Waals surface area (Å²) >= 11 is 12.6. The first-order valence-electron chi connectivity index (χ1n) is 13.4. The summed E-state index contributed by atoms with van der Waals surface area (Å²) in [7, 11) is -7.26. The van der Waals surface area contributed by atoms with Gasteiger partial charge in [-0.3, -0.25) is 9.36 Å². The van der Waals surface area contributed by atoms with E-state index in [0.29, 0.717) is 38.5 Å². The van der Waals surface area contributed by atoms with Crippen LogP contribution >= 0.6 is 23.2 Å². The van der Waals surface area contributed by atoms with E-state index in [9.17, 15) is 21.6 Å². The van der Waals surface area contributed by atoms with Crippen molar-refractivity contribution in [3.8, 4) is 28.1 Å². The molecule has 5 aromatic rings. The highest BCUT2D eigenvalue weighted by molar-refractivity contribution is 7.92. The Labute approximate surface area is 270 Å². The molecule has 1 saturated heterocycles. The fourth-order valence-corrected chi connectivity index (χ4v) is 7.19. The lowest BCUT2D eigenvalue weighted by Crippen LogP contribution is -2.29. The van der Waals surface area contributed by atoms with Crippen molar-refractivity contribution < 1.29 is 21.6 Å². The van der Waals surface area contributed by atoms with E-state index in [4.69, 9.17) is 28.2 Å². The Morgan fingerprint density at radius 3 is 2.22 bits per heavy atom. The van der Waals surface area contributed by atoms with Crippen molar-refractivity contribution in [1.29, 1.82) is 0 Å². The molecule has 0 atom stereocenters. The van der Waals surface area contributed by atoms with Gasteiger partial charge >= 0.3 is 10.2 Å². The Hall–Kier alpha value is -4.42. The molecule has 45 heavy (non-hydrogen) atoms. The topological polar surface area (TPSA) is 118 Å². The number of imidazole rings is 1. The van der Waals surface area contributed by atoms with Gasteiger partial charge < -0.3 is 0 Å². The largest absolute Gasteiger partial charge is 0.326 e. The van der Waals surface area contributed by atoms with Crippen LogP contribution in [-0.2, 0) is 24.8 Å². The van der Waals surface area contributed by atoms with Crippen LogP contribution in [-0.4, -0.2) is 45.1 Å². The highest BCUT2D eigenvalue weighted by Gasteiger charge is 2.33. The molecule has 1 aromatic heterocycles. The molecule has 1 N–H and O–H groups in total. The average Bonchev–Trinajstić information content (AvgIpc) is 3.54. The maximum Gasteiger partial charge on any atom is 0.326 e. The number of aromatic nitrogens is 2. The number of nitrogens with one attached hydrogen (secondary N) is 1. The third kappa shape index (κ3) is 6.52. The van der Waals surface area contributed by atoms with Gasteiger partial charge in [-0.2, -0.15) is 8.42 Å². The molecule has 228 valence electrons. The lowest BCUT2D eigenvalue weighted by molar-refractivity contribution is -0.117. The van der Waals surface area contributed by atoms with Gasteiger partial charge in [0, 0.05) is 28.7 Å². The summed E-state index contributed by atoms with van der Waals surface area (Å²) in [6.07, 6.45) is 6.74. The van der Waals surface area contributed by atoms with Gasteiger partial charge in [0.15, 0.2) is 9.84 Å². The summed E-state index contributed by atoms with van der Waals surface area (Å²) < 4.78 is 53.4. The van der Waals surface area contributed by atoms with Crippen LogP contribution < -0.4 is 9.03 Å². The monoisotopic (exact) mass is 678 g/mol. The molecule has 0 unspecified atom stereocenters. The molecule has 4 aromatic carbocycles. The quantitative estimate of drug-likeness (QED) is 0.217. The number of hydrogen-bond acceptors (Lipinski definition) is 6. The van der Waals surface area contributed by atoms with E-state index >= 15 is 0 Å². The molecule has 0 spiro atoms. The molecule has 9 nitrogen and oxygen atoms in total. The predicted molar refractivity (Wildman–Crippen MR) is 177 cm³/mol. The summed E-state index contributed by atoms with van der Waals surface area (Å²) in [6.45, 7) is -0.290. The van der Waals surface area contributed by atoms with Gasteiger partial charge in [-0.05, 0) is 77.4 Å². The Balaban J connectivity index is 1.34. The zero-order valence-electron chi connectivity index (χ0n) is 23.6. The van der Waals surface area contributed by atoms with Crippen molar-refractivity contribution >= 4 is 67.0 Å². The summed E-state index contributed by atoms with van der Waals surface area (Å²) in [5.74, 6) is -0.0274. The number of benzene rings is 4. The van der Waals surface area contributed by atoms with Crippen molar-refractivity contribution in [3.05, 3.63) is 119 Å². The third-order valence-electron chi connectivity index (χ3n) is 7.11. The van der Waals surface area contributed by atoms with Gasteiger partial charge in [-0.15, -0.1) is 0 Å². The summed E-state index contributed by atoms with van der Waals surface area (Å²) in [4.78, 5) is 16.8. The molecule has 1 aliphatic heterocycles. The van der Waals surface area contributed by atoms with Gasteiger partial charge in [0.25, 0.3) is 5.91 Å². The minimum atomic E-state index is -3.93. The molecule has 1 amide bonds. The zero-order chi connectivity index (χ0) is 31.9. The van der Waals surface area contributed by atoms with Crippen LogP contribution in [0.1, 0.15) is 11.4 Å². The molecule has 1 aliphatic rings. The lowest BCUT2D eigenvalue weighted by Gasteiger charge is -2.15. The highest BCUT2D eigenvalue weighted by Crippen LogP contribution is 2.32. The van der Waals surface area contributed by atoms with E-state index in [2.05, 4.69) is 0 Å². The maximum atomic E-state index is 12.3. The van der Waals surface area contributed by atoms with E-state index in [0.717, 1.165) is 21.0 Å². The Bertz CT molecular complexity index is 2200. The van der Waals surface area contributed by atoms with E-state index in [1.807, 2.05) is 58.0 Å². The van der Waals surface area contributed by atoms with Crippen LogP contribution in [0.15, 0.2) is 102 Å². The summed E-state index contributed by atoms with van der Waals surface area (Å²) in [5.41, 5.74) is 4.86. The smallest absolute Gasteiger partial charge is 0.300 e. The van der Waals surface area contributed by atoms with Gasteiger partial charge in [0.1, 0.15) is 12.4 Å². The van der Waals surface area contributed by atoms with Crippen LogP contribution in [0.5, 0.6) is 0 Å². The molecular weight excluding hydrogens is 655 g/mol. The van der Waals surface area contributed by atoms with Crippen LogP contribution in [0.2, 0.25) is 10.0 Å². The summed E-state index contributed by atoms with van der Waals surface area (Å²) in [5, 5.41) is 0.931. The number of carbonyl (C=O) groups is 1. The van der Waals surface area contributed by atoms with Crippen molar-refractivity contribution in [2.45, 2.75) is 4.90 Å². The molecular formula is C32H24Cl2N4O5S2. The van der Waals surface area contributed by atoms with Crippen molar-refractivity contribution in [2.24, 2.45) is 0 Å². The van der Waals surface area contributed by atoms with Crippen molar-refractivity contribution in [3.63, 3.8) is 0 Å². The predicted octanol–water partition coefficient (Wildman–Crippen LogP) is 6.27. The minimum Gasteiger partial charge on any atom is -0.300 e. The standard InChI is InChI=1S/C32H24Cl2N4O5S2/c1-44(40,41)27-4-2-3-23(17-27)22-8-5-21(6-9-22)7-16-31-35-30(28-15-10-24(33)18-29(28)34)19-37(31)25-11-13-26(14-12-25)38-20-32(39)36-45(38,42)43/h2-19H,20H2,1H3,(H,36,39)/b16-7+. The highest BCUT2D eigenvalue weighted by atomic mass is 35.5. The normalized spacial score (nSPS) is 14.6. The van der Waals surface area contributed by atoms with Gasteiger partial charge in [0.05, 0.1) is 21.3 Å². The molecule has 0 bridgehead atoms. The fraction of sp³-hybridized carbons (Fsp3) is 0.0625. The van der Waals surface area contributed by atoms with E-state index in [1.165, 1.54) is 6.26 Å². The maximum absolute atomic E-state index is 12.3. The first-order chi connectivity index (χ1) is 21.4. The first kappa shape index (κ1) is 30.6. The number of halogens is 2.